The Morgan fingerprint density at radius 1 is 1.42 bits per heavy atom. The van der Waals surface area contributed by atoms with Crippen molar-refractivity contribution in [2.45, 2.75) is 37.1 Å². The van der Waals surface area contributed by atoms with E-state index >= 15 is 0 Å². The summed E-state index contributed by atoms with van der Waals surface area (Å²) in [4.78, 5) is 0.00942. The number of halogens is 1. The highest BCUT2D eigenvalue weighted by Crippen LogP contribution is 2.27. The van der Waals surface area contributed by atoms with Crippen molar-refractivity contribution in [3.05, 3.63) is 29.6 Å². The van der Waals surface area contributed by atoms with Crippen LogP contribution in [0.2, 0.25) is 0 Å². The molecular weight excluding hydrogens is 267 g/mol. The zero-order valence-corrected chi connectivity index (χ0v) is 11.7. The first-order chi connectivity index (χ1) is 8.95. The van der Waals surface area contributed by atoms with Crippen LogP contribution in [0.25, 0.3) is 0 Å². The number of hydrogen-bond acceptors (Lipinski definition) is 3. The second-order valence-electron chi connectivity index (χ2n) is 5.02. The Kier molecular flexibility index (Phi) is 4.23. The van der Waals surface area contributed by atoms with Crippen LogP contribution in [-0.2, 0) is 10.0 Å². The van der Waals surface area contributed by atoms with Crippen molar-refractivity contribution in [1.29, 1.82) is 0 Å². The molecule has 0 amide bonds. The van der Waals surface area contributed by atoms with E-state index in [1.807, 2.05) is 0 Å². The average Bonchev–Trinajstić information content (AvgIpc) is 2.78. The third-order valence-electron chi connectivity index (χ3n) is 3.78. The fraction of sp³-hybridized carbons (Fsp3) is 0.538. The molecule has 4 nitrogen and oxygen atoms in total. The largest absolute Gasteiger partial charge is 0.330 e. The normalized spacial score (nSPS) is 23.7. The molecule has 6 heteroatoms. The minimum absolute atomic E-state index is 0.00942. The Balaban J connectivity index is 2.25. The van der Waals surface area contributed by atoms with E-state index in [1.54, 1.807) is 0 Å². The second kappa shape index (κ2) is 5.56. The maximum Gasteiger partial charge on any atom is 0.241 e. The van der Waals surface area contributed by atoms with Crippen LogP contribution in [0.4, 0.5) is 4.39 Å². The van der Waals surface area contributed by atoms with Crippen LogP contribution in [0.5, 0.6) is 0 Å². The van der Waals surface area contributed by atoms with Gasteiger partial charge in [-0.05, 0) is 44.4 Å². The van der Waals surface area contributed by atoms with Crippen molar-refractivity contribution in [3.63, 3.8) is 0 Å². The maximum absolute atomic E-state index is 13.5. The lowest BCUT2D eigenvalue weighted by Crippen LogP contribution is -2.40. The van der Waals surface area contributed by atoms with Gasteiger partial charge in [0.1, 0.15) is 5.82 Å². The molecule has 2 atom stereocenters. The van der Waals surface area contributed by atoms with Crippen LogP contribution >= 0.6 is 0 Å². The quantitative estimate of drug-likeness (QED) is 0.882. The van der Waals surface area contributed by atoms with Gasteiger partial charge in [0, 0.05) is 11.6 Å². The van der Waals surface area contributed by atoms with Crippen LogP contribution in [0, 0.1) is 18.7 Å². The Morgan fingerprint density at radius 2 is 2.16 bits per heavy atom. The monoisotopic (exact) mass is 286 g/mol. The van der Waals surface area contributed by atoms with Gasteiger partial charge in [-0.1, -0.05) is 12.5 Å². The number of nitrogens with two attached hydrogens (primary N) is 1. The molecule has 0 heterocycles. The predicted molar refractivity (Wildman–Crippen MR) is 71.6 cm³/mol. The summed E-state index contributed by atoms with van der Waals surface area (Å²) < 4.78 is 40.7. The lowest BCUT2D eigenvalue weighted by molar-refractivity contribution is 0.452. The van der Waals surface area contributed by atoms with E-state index in [4.69, 9.17) is 5.73 Å². The SMILES string of the molecule is Cc1c(F)cccc1S(=O)(=O)NC1CCCC1CN. The smallest absolute Gasteiger partial charge is 0.241 e. The Bertz CT molecular complexity index is 560. The Morgan fingerprint density at radius 3 is 2.84 bits per heavy atom. The van der Waals surface area contributed by atoms with E-state index in [2.05, 4.69) is 4.72 Å². The molecule has 0 aromatic heterocycles. The van der Waals surface area contributed by atoms with Crippen molar-refractivity contribution in [1.82, 2.24) is 4.72 Å². The molecule has 0 spiro atoms. The molecule has 1 saturated carbocycles. The maximum atomic E-state index is 13.5. The molecule has 1 aliphatic rings. The van der Waals surface area contributed by atoms with E-state index in [1.165, 1.54) is 25.1 Å². The van der Waals surface area contributed by atoms with Crippen LogP contribution in [-0.4, -0.2) is 21.0 Å². The van der Waals surface area contributed by atoms with E-state index < -0.39 is 15.8 Å². The van der Waals surface area contributed by atoms with Crippen molar-refractivity contribution in [2.75, 3.05) is 6.54 Å². The fourth-order valence-electron chi connectivity index (χ4n) is 2.62. The second-order valence-corrected chi connectivity index (χ2v) is 6.70. The van der Waals surface area contributed by atoms with Crippen LogP contribution in [0.15, 0.2) is 23.1 Å². The topological polar surface area (TPSA) is 72.2 Å². The first kappa shape index (κ1) is 14.4. The minimum Gasteiger partial charge on any atom is -0.330 e. The minimum atomic E-state index is -3.69. The average molecular weight is 286 g/mol. The highest BCUT2D eigenvalue weighted by atomic mass is 32.2. The zero-order chi connectivity index (χ0) is 14.0. The standard InChI is InChI=1S/C13H19FN2O2S/c1-9-11(14)5-3-7-13(9)19(17,18)16-12-6-2-4-10(12)8-15/h3,5,7,10,12,16H,2,4,6,8,15H2,1H3. The molecule has 106 valence electrons. The van der Waals surface area contributed by atoms with Gasteiger partial charge >= 0.3 is 0 Å². The van der Waals surface area contributed by atoms with Gasteiger partial charge < -0.3 is 5.73 Å². The van der Waals surface area contributed by atoms with Gasteiger partial charge in [-0.2, -0.15) is 0 Å². The lowest BCUT2D eigenvalue weighted by atomic mass is 10.1. The molecule has 1 aromatic rings. The molecule has 19 heavy (non-hydrogen) atoms. The summed E-state index contributed by atoms with van der Waals surface area (Å²) in [5.41, 5.74) is 5.79. The molecule has 0 aliphatic heterocycles. The van der Waals surface area contributed by atoms with Crippen LogP contribution in [0.3, 0.4) is 0 Å². The van der Waals surface area contributed by atoms with Crippen molar-refractivity contribution in [2.24, 2.45) is 11.7 Å². The van der Waals surface area contributed by atoms with Crippen LogP contribution < -0.4 is 10.5 Å². The van der Waals surface area contributed by atoms with Gasteiger partial charge in [-0.3, -0.25) is 0 Å². The molecule has 1 aliphatic carbocycles. The highest BCUT2D eigenvalue weighted by molar-refractivity contribution is 7.89. The van der Waals surface area contributed by atoms with Gasteiger partial charge in [-0.25, -0.2) is 17.5 Å². The number of benzene rings is 1. The molecule has 0 bridgehead atoms. The number of rotatable bonds is 4. The van der Waals surface area contributed by atoms with Gasteiger partial charge in [-0.15, -0.1) is 0 Å². The molecule has 0 radical (unpaired) electrons. The summed E-state index contributed by atoms with van der Waals surface area (Å²) in [5, 5.41) is 0. The van der Waals surface area contributed by atoms with Crippen molar-refractivity contribution >= 4 is 10.0 Å². The summed E-state index contributed by atoms with van der Waals surface area (Å²) in [6.45, 7) is 1.94. The first-order valence-electron chi connectivity index (χ1n) is 6.43. The lowest BCUT2D eigenvalue weighted by Gasteiger charge is -2.20. The molecule has 2 rings (SSSR count). The highest BCUT2D eigenvalue weighted by Gasteiger charge is 2.31. The zero-order valence-electron chi connectivity index (χ0n) is 10.9. The van der Waals surface area contributed by atoms with Crippen LogP contribution in [0.1, 0.15) is 24.8 Å². The van der Waals surface area contributed by atoms with Gasteiger partial charge in [0.25, 0.3) is 0 Å². The summed E-state index contributed by atoms with van der Waals surface area (Å²) in [6.07, 6.45) is 2.69. The van der Waals surface area contributed by atoms with E-state index in [0.717, 1.165) is 19.3 Å². The fourth-order valence-corrected chi connectivity index (χ4v) is 4.21. The Hall–Kier alpha value is -0.980. The Labute approximate surface area is 113 Å². The molecule has 1 aromatic carbocycles. The first-order valence-corrected chi connectivity index (χ1v) is 7.91. The summed E-state index contributed by atoms with van der Waals surface area (Å²) >= 11 is 0. The third-order valence-corrected chi connectivity index (χ3v) is 5.41. The third kappa shape index (κ3) is 2.96. The number of sulfonamides is 1. The summed E-state index contributed by atoms with van der Waals surface area (Å²) in [7, 11) is -3.69. The molecule has 2 unspecified atom stereocenters. The van der Waals surface area contributed by atoms with Gasteiger partial charge in [0.05, 0.1) is 4.90 Å². The predicted octanol–water partition coefficient (Wildman–Crippen LogP) is 1.54. The molecule has 3 N–H and O–H groups in total. The van der Waals surface area contributed by atoms with Gasteiger partial charge in [0.15, 0.2) is 0 Å². The summed E-state index contributed by atoms with van der Waals surface area (Å²) in [6, 6.07) is 3.95. The van der Waals surface area contributed by atoms with E-state index in [-0.39, 0.29) is 22.4 Å². The van der Waals surface area contributed by atoms with Gasteiger partial charge in [0.2, 0.25) is 10.0 Å². The molecular formula is C13H19FN2O2S. The van der Waals surface area contributed by atoms with Crippen molar-refractivity contribution in [3.8, 4) is 0 Å². The van der Waals surface area contributed by atoms with Crippen molar-refractivity contribution < 1.29 is 12.8 Å². The van der Waals surface area contributed by atoms with E-state index in [0.29, 0.717) is 6.54 Å². The molecule has 1 fully saturated rings. The molecule has 0 saturated heterocycles. The van der Waals surface area contributed by atoms with E-state index in [9.17, 15) is 12.8 Å². The number of hydrogen-bond donors (Lipinski definition) is 2. The number of nitrogens with one attached hydrogen (secondary N) is 1. The summed E-state index contributed by atoms with van der Waals surface area (Å²) in [5.74, 6) is -0.340.